The van der Waals surface area contributed by atoms with Crippen molar-refractivity contribution >= 4 is 5.69 Å². The molecule has 0 radical (unpaired) electrons. The zero-order chi connectivity index (χ0) is 11.0. The van der Waals surface area contributed by atoms with Gasteiger partial charge in [0.2, 0.25) is 0 Å². The summed E-state index contributed by atoms with van der Waals surface area (Å²) in [6.45, 7) is 6.19. The Bertz CT molecular complexity index is 484. The number of aromatic nitrogens is 2. The Balaban J connectivity index is 2.72. The summed E-state index contributed by atoms with van der Waals surface area (Å²) in [6, 6.07) is 2.12. The van der Waals surface area contributed by atoms with Crippen molar-refractivity contribution in [1.82, 2.24) is 10.2 Å². The first-order valence-electron chi connectivity index (χ1n) is 4.96. The van der Waals surface area contributed by atoms with Crippen LogP contribution in [0.1, 0.15) is 16.7 Å². The summed E-state index contributed by atoms with van der Waals surface area (Å²) >= 11 is 0. The normalized spacial score (nSPS) is 10.6. The second-order valence-electron chi connectivity index (χ2n) is 3.91. The minimum atomic E-state index is 0.872. The number of anilines is 1. The first-order valence-corrected chi connectivity index (χ1v) is 4.96. The van der Waals surface area contributed by atoms with Gasteiger partial charge in [0.25, 0.3) is 0 Å². The number of nitrogens with zero attached hydrogens (tertiary/aromatic N) is 1. The third-order valence-corrected chi connectivity index (χ3v) is 2.82. The van der Waals surface area contributed by atoms with Crippen molar-refractivity contribution in [2.24, 2.45) is 0 Å². The van der Waals surface area contributed by atoms with Crippen molar-refractivity contribution in [2.45, 2.75) is 20.8 Å². The Hall–Kier alpha value is -1.77. The monoisotopic (exact) mass is 201 g/mol. The summed E-state index contributed by atoms with van der Waals surface area (Å²) in [4.78, 5) is 0. The highest BCUT2D eigenvalue weighted by Crippen LogP contribution is 2.31. The summed E-state index contributed by atoms with van der Waals surface area (Å²) in [7, 11) is 0. The number of nitrogens with one attached hydrogen (secondary N) is 1. The Morgan fingerprint density at radius 1 is 1.20 bits per heavy atom. The molecule has 0 spiro atoms. The Kier molecular flexibility index (Phi) is 2.23. The van der Waals surface area contributed by atoms with Crippen LogP contribution >= 0.6 is 0 Å². The molecule has 0 atom stereocenters. The molecule has 0 saturated heterocycles. The molecule has 2 aromatic rings. The summed E-state index contributed by atoms with van der Waals surface area (Å²) < 4.78 is 0. The minimum absolute atomic E-state index is 0.872. The van der Waals surface area contributed by atoms with Crippen LogP contribution in [0.4, 0.5) is 5.69 Å². The second-order valence-corrected chi connectivity index (χ2v) is 3.91. The van der Waals surface area contributed by atoms with Gasteiger partial charge in [0.15, 0.2) is 0 Å². The predicted molar refractivity (Wildman–Crippen MR) is 62.6 cm³/mol. The van der Waals surface area contributed by atoms with Crippen LogP contribution in [0.25, 0.3) is 11.1 Å². The number of hydrogen-bond donors (Lipinski definition) is 2. The smallest absolute Gasteiger partial charge is 0.0565 e. The van der Waals surface area contributed by atoms with Crippen LogP contribution in [0.5, 0.6) is 0 Å². The van der Waals surface area contributed by atoms with Crippen molar-refractivity contribution in [2.75, 3.05) is 5.73 Å². The molecule has 1 aromatic heterocycles. The van der Waals surface area contributed by atoms with Gasteiger partial charge in [0.1, 0.15) is 0 Å². The van der Waals surface area contributed by atoms with Crippen molar-refractivity contribution in [3.8, 4) is 11.1 Å². The van der Waals surface area contributed by atoms with Crippen molar-refractivity contribution in [3.63, 3.8) is 0 Å². The molecule has 3 heteroatoms. The van der Waals surface area contributed by atoms with Crippen LogP contribution in [0.15, 0.2) is 18.5 Å². The molecule has 1 aromatic carbocycles. The average molecular weight is 201 g/mol. The summed E-state index contributed by atoms with van der Waals surface area (Å²) in [6.07, 6.45) is 3.72. The summed E-state index contributed by atoms with van der Waals surface area (Å²) in [5, 5.41) is 6.79. The molecule has 0 aliphatic rings. The number of rotatable bonds is 1. The van der Waals surface area contributed by atoms with Crippen molar-refractivity contribution in [3.05, 3.63) is 35.2 Å². The number of aromatic amines is 1. The predicted octanol–water partition coefficient (Wildman–Crippen LogP) is 2.58. The number of aryl methyl sites for hydroxylation is 2. The quantitative estimate of drug-likeness (QED) is 0.697. The molecule has 78 valence electrons. The lowest BCUT2D eigenvalue weighted by Gasteiger charge is -2.13. The maximum Gasteiger partial charge on any atom is 0.0565 e. The SMILES string of the molecule is Cc1cc(C)c(-c2cn[nH]c2)c(C)c1N. The Morgan fingerprint density at radius 3 is 2.53 bits per heavy atom. The highest BCUT2D eigenvalue weighted by atomic mass is 15.1. The topological polar surface area (TPSA) is 54.7 Å². The van der Waals surface area contributed by atoms with E-state index < -0.39 is 0 Å². The minimum Gasteiger partial charge on any atom is -0.398 e. The molecule has 3 nitrogen and oxygen atoms in total. The van der Waals surface area contributed by atoms with Crippen LogP contribution < -0.4 is 5.73 Å². The van der Waals surface area contributed by atoms with Crippen LogP contribution in [0, 0.1) is 20.8 Å². The Morgan fingerprint density at radius 2 is 1.93 bits per heavy atom. The van der Waals surface area contributed by atoms with Crippen molar-refractivity contribution in [1.29, 1.82) is 0 Å². The molecule has 0 saturated carbocycles. The van der Waals surface area contributed by atoms with E-state index in [4.69, 9.17) is 5.73 Å². The van der Waals surface area contributed by atoms with Crippen LogP contribution in [-0.4, -0.2) is 10.2 Å². The highest BCUT2D eigenvalue weighted by Gasteiger charge is 2.10. The lowest BCUT2D eigenvalue weighted by molar-refractivity contribution is 1.09. The molecule has 0 bridgehead atoms. The van der Waals surface area contributed by atoms with Gasteiger partial charge in [0, 0.05) is 17.4 Å². The molecule has 1 heterocycles. The van der Waals surface area contributed by atoms with E-state index in [1.165, 1.54) is 11.1 Å². The van der Waals surface area contributed by atoms with Gasteiger partial charge in [-0.25, -0.2) is 0 Å². The van der Waals surface area contributed by atoms with Gasteiger partial charge in [-0.3, -0.25) is 5.10 Å². The van der Waals surface area contributed by atoms with Gasteiger partial charge in [-0.1, -0.05) is 6.07 Å². The van der Waals surface area contributed by atoms with Crippen LogP contribution in [0.3, 0.4) is 0 Å². The first-order chi connectivity index (χ1) is 7.11. The second kappa shape index (κ2) is 3.42. The van der Waals surface area contributed by atoms with Gasteiger partial charge in [-0.15, -0.1) is 0 Å². The zero-order valence-electron chi connectivity index (χ0n) is 9.26. The van der Waals surface area contributed by atoms with Crippen molar-refractivity contribution < 1.29 is 0 Å². The van der Waals surface area contributed by atoms with E-state index in [-0.39, 0.29) is 0 Å². The molecule has 0 fully saturated rings. The van der Waals surface area contributed by atoms with Gasteiger partial charge in [0.05, 0.1) is 6.20 Å². The number of hydrogen-bond acceptors (Lipinski definition) is 2. The zero-order valence-corrected chi connectivity index (χ0v) is 9.26. The average Bonchev–Trinajstić information content (AvgIpc) is 2.68. The van der Waals surface area contributed by atoms with Gasteiger partial charge < -0.3 is 5.73 Å². The van der Waals surface area contributed by atoms with E-state index in [0.717, 1.165) is 22.4 Å². The van der Waals surface area contributed by atoms with E-state index in [1.807, 2.05) is 19.3 Å². The fraction of sp³-hybridized carbons (Fsp3) is 0.250. The number of nitrogen functional groups attached to an aromatic ring is 1. The fourth-order valence-corrected chi connectivity index (χ4v) is 2.03. The molecule has 0 amide bonds. The van der Waals surface area contributed by atoms with E-state index in [2.05, 4.69) is 30.1 Å². The van der Waals surface area contributed by atoms with Gasteiger partial charge in [-0.05, 0) is 43.0 Å². The lowest BCUT2D eigenvalue weighted by Crippen LogP contribution is -1.98. The highest BCUT2D eigenvalue weighted by molar-refractivity contribution is 5.76. The number of benzene rings is 1. The van der Waals surface area contributed by atoms with E-state index >= 15 is 0 Å². The maximum absolute atomic E-state index is 6.03. The molecule has 3 N–H and O–H groups in total. The molecule has 0 aliphatic carbocycles. The third-order valence-electron chi connectivity index (χ3n) is 2.82. The summed E-state index contributed by atoms with van der Waals surface area (Å²) in [5.41, 5.74) is 12.7. The van der Waals surface area contributed by atoms with Crippen LogP contribution in [0.2, 0.25) is 0 Å². The van der Waals surface area contributed by atoms with E-state index in [1.54, 1.807) is 0 Å². The lowest BCUT2D eigenvalue weighted by atomic mass is 9.94. The molecule has 0 aliphatic heterocycles. The number of nitrogens with two attached hydrogens (primary N) is 1. The molecule has 15 heavy (non-hydrogen) atoms. The molecule has 0 unspecified atom stereocenters. The maximum atomic E-state index is 6.03. The standard InChI is InChI=1S/C12H15N3/c1-7-4-8(2)12(13)9(3)11(7)10-5-14-15-6-10/h4-6H,13H2,1-3H3,(H,14,15). The van der Waals surface area contributed by atoms with E-state index in [9.17, 15) is 0 Å². The summed E-state index contributed by atoms with van der Waals surface area (Å²) in [5.74, 6) is 0. The first kappa shape index (κ1) is 9.77. The number of H-pyrrole nitrogens is 1. The van der Waals surface area contributed by atoms with Gasteiger partial charge >= 0.3 is 0 Å². The fourth-order valence-electron chi connectivity index (χ4n) is 2.03. The third kappa shape index (κ3) is 1.50. The molecule has 2 rings (SSSR count). The van der Waals surface area contributed by atoms with Crippen LogP contribution in [-0.2, 0) is 0 Å². The molecular formula is C12H15N3. The molecular weight excluding hydrogens is 186 g/mol. The van der Waals surface area contributed by atoms with Gasteiger partial charge in [-0.2, -0.15) is 5.10 Å². The Labute approximate surface area is 89.3 Å². The largest absolute Gasteiger partial charge is 0.398 e. The van der Waals surface area contributed by atoms with E-state index in [0.29, 0.717) is 0 Å².